The van der Waals surface area contributed by atoms with Crippen molar-refractivity contribution in [2.45, 2.75) is 0 Å². The van der Waals surface area contributed by atoms with Crippen molar-refractivity contribution in [1.82, 2.24) is 0 Å². The predicted molar refractivity (Wildman–Crippen MR) is 194 cm³/mol. The Morgan fingerprint density at radius 3 is 1.35 bits per heavy atom. The maximum Gasteiger partial charge on any atom is 0.137 e. The van der Waals surface area contributed by atoms with Crippen molar-refractivity contribution in [3.8, 4) is 22.3 Å². The van der Waals surface area contributed by atoms with E-state index >= 15 is 0 Å². The maximum atomic E-state index is 6.29. The van der Waals surface area contributed by atoms with E-state index in [0.29, 0.717) is 0 Å². The predicted octanol–water partition coefficient (Wildman–Crippen LogP) is 12.7. The summed E-state index contributed by atoms with van der Waals surface area (Å²) >= 11 is 0. The van der Waals surface area contributed by atoms with Crippen molar-refractivity contribution in [2.24, 2.45) is 0 Å². The van der Waals surface area contributed by atoms with Gasteiger partial charge in [0.25, 0.3) is 0 Å². The third kappa shape index (κ3) is 4.27. The molecule has 0 saturated carbocycles. The van der Waals surface area contributed by atoms with Crippen molar-refractivity contribution in [1.29, 1.82) is 0 Å². The Balaban J connectivity index is 1.21. The third-order valence-corrected chi connectivity index (χ3v) is 9.04. The van der Waals surface area contributed by atoms with Crippen LogP contribution in [0.2, 0.25) is 0 Å². The van der Waals surface area contributed by atoms with Crippen LogP contribution in [0.5, 0.6) is 0 Å². The molecule has 0 amide bonds. The lowest BCUT2D eigenvalue weighted by atomic mass is 9.86. The molecule has 1 heterocycles. The summed E-state index contributed by atoms with van der Waals surface area (Å²) < 4.78 is 6.29. The largest absolute Gasteiger partial charge is 0.456 e. The van der Waals surface area contributed by atoms with E-state index in [-0.39, 0.29) is 0 Å². The van der Waals surface area contributed by atoms with E-state index in [1.165, 1.54) is 43.8 Å². The lowest BCUT2D eigenvalue weighted by Crippen LogP contribution is -2.09. The molecule has 9 aromatic rings. The van der Waals surface area contributed by atoms with Crippen molar-refractivity contribution in [2.75, 3.05) is 4.90 Å². The van der Waals surface area contributed by atoms with Gasteiger partial charge in [0.05, 0.1) is 0 Å². The van der Waals surface area contributed by atoms with E-state index in [9.17, 15) is 0 Å². The molecule has 0 bridgehead atoms. The second kappa shape index (κ2) is 10.8. The molecule has 216 valence electrons. The van der Waals surface area contributed by atoms with Gasteiger partial charge in [-0.3, -0.25) is 0 Å². The Morgan fingerprint density at radius 2 is 0.739 bits per heavy atom. The smallest absolute Gasteiger partial charge is 0.137 e. The molecule has 1 aromatic heterocycles. The second-order valence-corrected chi connectivity index (χ2v) is 11.7. The highest BCUT2D eigenvalue weighted by molar-refractivity contribution is 6.21. The summed E-state index contributed by atoms with van der Waals surface area (Å²) in [7, 11) is 0. The first-order chi connectivity index (χ1) is 22.8. The van der Waals surface area contributed by atoms with Gasteiger partial charge in [-0.15, -0.1) is 0 Å². The number of hydrogen-bond acceptors (Lipinski definition) is 2. The quantitative estimate of drug-likeness (QED) is 0.186. The minimum Gasteiger partial charge on any atom is -0.456 e. The van der Waals surface area contributed by atoms with Crippen LogP contribution in [0.4, 0.5) is 17.1 Å². The maximum absolute atomic E-state index is 6.29. The third-order valence-electron chi connectivity index (χ3n) is 9.04. The van der Waals surface area contributed by atoms with Gasteiger partial charge < -0.3 is 9.32 Å². The zero-order chi connectivity index (χ0) is 30.5. The van der Waals surface area contributed by atoms with Crippen LogP contribution in [0.25, 0.3) is 65.7 Å². The average molecular weight is 588 g/mol. The number of benzene rings is 8. The van der Waals surface area contributed by atoms with Gasteiger partial charge in [-0.25, -0.2) is 0 Å². The fraction of sp³-hybridized carbons (Fsp3) is 0. The first-order valence-corrected chi connectivity index (χ1v) is 15.7. The van der Waals surface area contributed by atoms with Gasteiger partial charge in [-0.2, -0.15) is 0 Å². The number of rotatable bonds is 5. The summed E-state index contributed by atoms with van der Waals surface area (Å²) in [5.41, 5.74) is 9.97. The Morgan fingerprint density at radius 1 is 0.304 bits per heavy atom. The van der Waals surface area contributed by atoms with Crippen LogP contribution in [0.1, 0.15) is 0 Å². The average Bonchev–Trinajstić information content (AvgIpc) is 3.50. The van der Waals surface area contributed by atoms with Gasteiger partial charge >= 0.3 is 0 Å². The monoisotopic (exact) mass is 587 g/mol. The zero-order valence-corrected chi connectivity index (χ0v) is 25.1. The van der Waals surface area contributed by atoms with Crippen molar-refractivity contribution in [3.63, 3.8) is 0 Å². The molecule has 9 rings (SSSR count). The molecular weight excluding hydrogens is 558 g/mol. The number of nitrogens with zero attached hydrogens (tertiary/aromatic N) is 1. The normalized spacial score (nSPS) is 11.5. The molecule has 0 aliphatic rings. The topological polar surface area (TPSA) is 16.4 Å². The van der Waals surface area contributed by atoms with Crippen LogP contribution in [-0.4, -0.2) is 0 Å². The van der Waals surface area contributed by atoms with E-state index in [0.717, 1.165) is 39.0 Å². The molecule has 0 radical (unpaired) electrons. The molecular formula is C44H29NO. The van der Waals surface area contributed by atoms with Gasteiger partial charge in [0.1, 0.15) is 11.2 Å². The van der Waals surface area contributed by atoms with Gasteiger partial charge in [0.2, 0.25) is 0 Å². The number of furan rings is 1. The lowest BCUT2D eigenvalue weighted by molar-refractivity contribution is 0.669. The summed E-state index contributed by atoms with van der Waals surface area (Å²) in [6, 6.07) is 62.7. The molecule has 0 spiro atoms. The van der Waals surface area contributed by atoms with Crippen molar-refractivity contribution in [3.05, 3.63) is 176 Å². The van der Waals surface area contributed by atoms with E-state index in [1.807, 2.05) is 12.1 Å². The van der Waals surface area contributed by atoms with Crippen LogP contribution in [0.15, 0.2) is 180 Å². The minimum atomic E-state index is 0.882. The molecule has 0 aliphatic carbocycles. The molecule has 0 aliphatic heterocycles. The summed E-state index contributed by atoms with van der Waals surface area (Å²) in [6.45, 7) is 0. The lowest BCUT2D eigenvalue weighted by Gasteiger charge is -2.26. The van der Waals surface area contributed by atoms with Crippen LogP contribution in [0, 0.1) is 0 Å². The van der Waals surface area contributed by atoms with E-state index in [2.05, 4.69) is 169 Å². The number of anilines is 3. The summed E-state index contributed by atoms with van der Waals surface area (Å²) in [4.78, 5) is 2.30. The highest BCUT2D eigenvalue weighted by atomic mass is 16.3. The molecule has 2 nitrogen and oxygen atoms in total. The Kier molecular flexibility index (Phi) is 6.17. The van der Waals surface area contributed by atoms with E-state index in [4.69, 9.17) is 4.42 Å². The zero-order valence-electron chi connectivity index (χ0n) is 25.1. The number of para-hydroxylation sites is 2. The standard InChI is InChI=1S/C44H29NO/c1-3-13-30(14-4-1)43-37-18-7-9-20-39(37)44(40-21-10-8-19-38(40)43)31-23-25-33(26-24-31)45(32-15-5-2-6-16-32)34-27-28-36-35-17-11-12-22-41(35)46-42(36)29-34/h1-29H. The van der Waals surface area contributed by atoms with Crippen LogP contribution in [-0.2, 0) is 0 Å². The van der Waals surface area contributed by atoms with E-state index in [1.54, 1.807) is 0 Å². The SMILES string of the molecule is c1ccc(-c2c3ccccc3c(-c3ccc(N(c4ccccc4)c4ccc5c(c4)oc4ccccc45)cc3)c3ccccc23)cc1. The first-order valence-electron chi connectivity index (χ1n) is 15.7. The number of hydrogen-bond donors (Lipinski definition) is 0. The van der Waals surface area contributed by atoms with E-state index < -0.39 is 0 Å². The second-order valence-electron chi connectivity index (χ2n) is 11.7. The molecule has 2 heteroatoms. The highest BCUT2D eigenvalue weighted by Gasteiger charge is 2.18. The van der Waals surface area contributed by atoms with Crippen molar-refractivity contribution < 1.29 is 4.42 Å². The molecule has 0 fully saturated rings. The number of fused-ring (bicyclic) bond motifs is 5. The van der Waals surface area contributed by atoms with Crippen LogP contribution in [0.3, 0.4) is 0 Å². The molecule has 0 N–H and O–H groups in total. The van der Waals surface area contributed by atoms with Crippen molar-refractivity contribution >= 4 is 60.5 Å². The molecule has 0 atom stereocenters. The Bertz CT molecular complexity index is 2450. The van der Waals surface area contributed by atoms with Gasteiger partial charge in [-0.05, 0) is 86.3 Å². The fourth-order valence-electron chi connectivity index (χ4n) is 7.01. The first kappa shape index (κ1) is 26.3. The van der Waals surface area contributed by atoms with Crippen LogP contribution < -0.4 is 4.90 Å². The van der Waals surface area contributed by atoms with Gasteiger partial charge in [0, 0.05) is 33.9 Å². The molecule has 8 aromatic carbocycles. The highest BCUT2D eigenvalue weighted by Crippen LogP contribution is 2.45. The molecule has 0 unspecified atom stereocenters. The molecule has 0 saturated heterocycles. The summed E-state index contributed by atoms with van der Waals surface area (Å²) in [5.74, 6) is 0. The van der Waals surface area contributed by atoms with Gasteiger partial charge in [0.15, 0.2) is 0 Å². The minimum absolute atomic E-state index is 0.882. The summed E-state index contributed by atoms with van der Waals surface area (Å²) in [5, 5.41) is 7.29. The van der Waals surface area contributed by atoms with Gasteiger partial charge in [-0.1, -0.05) is 127 Å². The Hall–Kier alpha value is -6.12. The summed E-state index contributed by atoms with van der Waals surface area (Å²) in [6.07, 6.45) is 0. The Labute approximate surface area is 267 Å². The fourth-order valence-corrected chi connectivity index (χ4v) is 7.01. The molecule has 46 heavy (non-hydrogen) atoms. The van der Waals surface area contributed by atoms with Crippen LogP contribution >= 0.6 is 0 Å².